The van der Waals surface area contributed by atoms with Crippen LogP contribution in [0.15, 0.2) is 42.0 Å². The number of alkyl halides is 3. The first kappa shape index (κ1) is 14.2. The zero-order valence-corrected chi connectivity index (χ0v) is 10.9. The maximum absolute atomic E-state index is 13.1. The van der Waals surface area contributed by atoms with Gasteiger partial charge in [0.05, 0.1) is 0 Å². The van der Waals surface area contributed by atoms with Gasteiger partial charge in [-0.3, -0.25) is 0 Å². The third-order valence-corrected chi connectivity index (χ3v) is 3.25. The average molecular weight is 310 g/mol. The lowest BCUT2D eigenvalue weighted by Crippen LogP contribution is -2.34. The van der Waals surface area contributed by atoms with E-state index in [4.69, 9.17) is 9.84 Å². The third kappa shape index (κ3) is 2.45. The lowest BCUT2D eigenvalue weighted by molar-refractivity contribution is -0.131. The molecule has 0 amide bonds. The number of ether oxygens (including phenoxy) is 2. The van der Waals surface area contributed by atoms with Crippen molar-refractivity contribution in [3.63, 3.8) is 0 Å². The van der Waals surface area contributed by atoms with Gasteiger partial charge in [-0.25, -0.2) is 4.79 Å². The molecule has 1 unspecified atom stereocenters. The maximum atomic E-state index is 13.1. The van der Waals surface area contributed by atoms with Gasteiger partial charge in [0, 0.05) is 5.56 Å². The SMILES string of the molecule is O=C(O)OC1Oc2ccc3ccccc3c2C=C1C(F)(F)F. The molecule has 4 nitrogen and oxygen atoms in total. The number of benzene rings is 2. The van der Waals surface area contributed by atoms with E-state index < -0.39 is 24.2 Å². The van der Waals surface area contributed by atoms with Gasteiger partial charge in [0.1, 0.15) is 11.3 Å². The molecule has 114 valence electrons. The molecule has 0 spiro atoms. The highest BCUT2D eigenvalue weighted by molar-refractivity contribution is 5.94. The molecule has 1 aliphatic rings. The van der Waals surface area contributed by atoms with Gasteiger partial charge in [-0.15, -0.1) is 0 Å². The zero-order valence-electron chi connectivity index (χ0n) is 10.9. The van der Waals surface area contributed by atoms with Crippen LogP contribution in [0.5, 0.6) is 5.75 Å². The molecule has 2 aromatic rings. The minimum absolute atomic E-state index is 0.137. The van der Waals surface area contributed by atoms with Crippen molar-refractivity contribution in [3.8, 4) is 5.75 Å². The van der Waals surface area contributed by atoms with Crippen LogP contribution in [0.2, 0.25) is 0 Å². The summed E-state index contributed by atoms with van der Waals surface area (Å²) in [4.78, 5) is 10.6. The van der Waals surface area contributed by atoms with Crippen molar-refractivity contribution in [3.05, 3.63) is 47.5 Å². The van der Waals surface area contributed by atoms with Gasteiger partial charge in [0.2, 0.25) is 0 Å². The average Bonchev–Trinajstić information content (AvgIpc) is 2.44. The minimum Gasteiger partial charge on any atom is -0.450 e. The summed E-state index contributed by atoms with van der Waals surface area (Å²) in [6.07, 6.45) is -7.78. The van der Waals surface area contributed by atoms with Gasteiger partial charge in [-0.1, -0.05) is 30.3 Å². The van der Waals surface area contributed by atoms with Crippen LogP contribution >= 0.6 is 0 Å². The molecule has 0 aromatic heterocycles. The van der Waals surface area contributed by atoms with E-state index in [0.717, 1.165) is 11.5 Å². The molecule has 2 aromatic carbocycles. The fourth-order valence-corrected chi connectivity index (χ4v) is 2.32. The topological polar surface area (TPSA) is 55.8 Å². The minimum atomic E-state index is -4.77. The number of carboxylic acid groups (broad SMARTS) is 1. The van der Waals surface area contributed by atoms with Crippen LogP contribution in [0.25, 0.3) is 16.8 Å². The van der Waals surface area contributed by atoms with E-state index in [0.29, 0.717) is 5.39 Å². The Labute approximate surface area is 122 Å². The van der Waals surface area contributed by atoms with Crippen LogP contribution in [0.3, 0.4) is 0 Å². The van der Waals surface area contributed by atoms with E-state index in [1.807, 2.05) is 0 Å². The van der Waals surface area contributed by atoms with E-state index in [1.54, 1.807) is 30.3 Å². The van der Waals surface area contributed by atoms with Gasteiger partial charge in [0.25, 0.3) is 6.29 Å². The van der Waals surface area contributed by atoms with E-state index >= 15 is 0 Å². The number of hydrogen-bond acceptors (Lipinski definition) is 3. The summed E-state index contributed by atoms with van der Waals surface area (Å²) in [6.45, 7) is 0. The second-order valence-electron chi connectivity index (χ2n) is 4.63. The molecule has 1 atom stereocenters. The Kier molecular flexibility index (Phi) is 3.20. The maximum Gasteiger partial charge on any atom is 0.509 e. The highest BCUT2D eigenvalue weighted by Crippen LogP contribution is 2.41. The number of rotatable bonds is 1. The van der Waals surface area contributed by atoms with Crippen molar-refractivity contribution in [1.29, 1.82) is 0 Å². The molecular weight excluding hydrogens is 301 g/mol. The number of halogens is 3. The van der Waals surface area contributed by atoms with E-state index in [1.165, 1.54) is 6.07 Å². The van der Waals surface area contributed by atoms with Gasteiger partial charge in [-0.2, -0.15) is 13.2 Å². The molecule has 0 bridgehead atoms. The quantitative estimate of drug-likeness (QED) is 0.802. The van der Waals surface area contributed by atoms with Crippen molar-refractivity contribution >= 4 is 23.0 Å². The molecule has 1 N–H and O–H groups in total. The predicted octanol–water partition coefficient (Wildman–Crippen LogP) is 4.20. The Morgan fingerprint density at radius 1 is 1.18 bits per heavy atom. The Bertz CT molecular complexity index is 780. The fourth-order valence-electron chi connectivity index (χ4n) is 2.32. The molecule has 0 saturated heterocycles. The summed E-state index contributed by atoms with van der Waals surface area (Å²) in [5.41, 5.74) is -0.950. The largest absolute Gasteiger partial charge is 0.509 e. The van der Waals surface area contributed by atoms with Crippen LogP contribution in [0.4, 0.5) is 18.0 Å². The third-order valence-electron chi connectivity index (χ3n) is 3.25. The van der Waals surface area contributed by atoms with Crippen LogP contribution < -0.4 is 4.74 Å². The lowest BCUT2D eigenvalue weighted by Gasteiger charge is -2.27. The number of fused-ring (bicyclic) bond motifs is 3. The van der Waals surface area contributed by atoms with Crippen LogP contribution in [-0.2, 0) is 4.74 Å². The van der Waals surface area contributed by atoms with Crippen molar-refractivity contribution in [2.24, 2.45) is 0 Å². The Morgan fingerprint density at radius 3 is 2.59 bits per heavy atom. The van der Waals surface area contributed by atoms with E-state index in [2.05, 4.69) is 4.74 Å². The van der Waals surface area contributed by atoms with Crippen LogP contribution in [0, 0.1) is 0 Å². The molecule has 0 saturated carbocycles. The highest BCUT2D eigenvalue weighted by Gasteiger charge is 2.44. The molecule has 3 rings (SSSR count). The van der Waals surface area contributed by atoms with Crippen molar-refractivity contribution < 1.29 is 32.5 Å². The Morgan fingerprint density at radius 2 is 1.91 bits per heavy atom. The molecular formula is C15H9F3O4. The molecule has 22 heavy (non-hydrogen) atoms. The predicted molar refractivity (Wildman–Crippen MR) is 71.5 cm³/mol. The van der Waals surface area contributed by atoms with Gasteiger partial charge in [0.15, 0.2) is 0 Å². The monoisotopic (exact) mass is 310 g/mol. The van der Waals surface area contributed by atoms with E-state index in [9.17, 15) is 18.0 Å². The Balaban J connectivity index is 2.19. The molecule has 0 fully saturated rings. The molecule has 0 radical (unpaired) electrons. The molecule has 1 aliphatic heterocycles. The zero-order chi connectivity index (χ0) is 15.9. The van der Waals surface area contributed by atoms with Gasteiger partial charge < -0.3 is 14.6 Å². The summed E-state index contributed by atoms with van der Waals surface area (Å²) in [5, 5.41) is 9.90. The van der Waals surface area contributed by atoms with Gasteiger partial charge >= 0.3 is 12.3 Å². The summed E-state index contributed by atoms with van der Waals surface area (Å²) in [6, 6.07) is 10.1. The number of carbonyl (C=O) groups is 1. The highest BCUT2D eigenvalue weighted by atomic mass is 19.4. The standard InChI is InChI=1S/C15H9F3O4/c16-15(17,18)11-7-10-9-4-2-1-3-8(9)5-6-12(10)21-13(11)22-14(19)20/h1-7,13H,(H,19,20). The summed E-state index contributed by atoms with van der Waals surface area (Å²) in [7, 11) is 0. The van der Waals surface area contributed by atoms with Crippen LogP contribution in [0.1, 0.15) is 5.56 Å². The second kappa shape index (κ2) is 4.94. The van der Waals surface area contributed by atoms with Crippen LogP contribution in [-0.4, -0.2) is 23.7 Å². The van der Waals surface area contributed by atoms with Gasteiger partial charge in [-0.05, 0) is 22.9 Å². The van der Waals surface area contributed by atoms with Crippen molar-refractivity contribution in [2.75, 3.05) is 0 Å². The summed E-state index contributed by atoms with van der Waals surface area (Å²) in [5.74, 6) is 0.137. The van der Waals surface area contributed by atoms with Crippen molar-refractivity contribution in [1.82, 2.24) is 0 Å². The second-order valence-corrected chi connectivity index (χ2v) is 4.63. The molecule has 1 heterocycles. The summed E-state index contributed by atoms with van der Waals surface area (Å²) < 4.78 is 48.6. The fraction of sp³-hybridized carbons (Fsp3) is 0.133. The molecule has 0 aliphatic carbocycles. The Hall–Kier alpha value is -2.70. The first-order valence-corrected chi connectivity index (χ1v) is 6.23. The first-order chi connectivity index (χ1) is 10.4. The summed E-state index contributed by atoms with van der Waals surface area (Å²) >= 11 is 0. The lowest BCUT2D eigenvalue weighted by atomic mass is 9.99. The molecule has 7 heteroatoms. The smallest absolute Gasteiger partial charge is 0.450 e. The first-order valence-electron chi connectivity index (χ1n) is 6.23. The van der Waals surface area contributed by atoms with E-state index in [-0.39, 0.29) is 11.3 Å². The van der Waals surface area contributed by atoms with Crippen molar-refractivity contribution in [2.45, 2.75) is 12.5 Å². The normalized spacial score (nSPS) is 17.4. The number of hydrogen-bond donors (Lipinski definition) is 1.